The molecule has 0 aromatic heterocycles. The standard InChI is InChI=1S/C21H25NO6S/c1-25-16-11-14(12-17(26-2)21(16)27-3)9-10-20(24)28-13-19(23)22-15-7-5-6-8-18(15)29-4/h5-8,11-12H,9-10,13H2,1-4H3,(H,22,23). The highest BCUT2D eigenvalue weighted by atomic mass is 32.2. The average molecular weight is 419 g/mol. The van der Waals surface area contributed by atoms with Gasteiger partial charge in [-0.3, -0.25) is 9.59 Å². The maximum Gasteiger partial charge on any atom is 0.306 e. The van der Waals surface area contributed by atoms with Gasteiger partial charge >= 0.3 is 5.97 Å². The Bertz CT molecular complexity index is 830. The zero-order valence-electron chi connectivity index (χ0n) is 16.9. The highest BCUT2D eigenvalue weighted by molar-refractivity contribution is 7.98. The number of hydrogen-bond acceptors (Lipinski definition) is 7. The molecule has 2 aromatic carbocycles. The van der Waals surface area contributed by atoms with E-state index in [-0.39, 0.29) is 18.9 Å². The number of para-hydroxylation sites is 1. The van der Waals surface area contributed by atoms with Gasteiger partial charge in [-0.1, -0.05) is 12.1 Å². The molecule has 0 radical (unpaired) electrons. The van der Waals surface area contributed by atoms with Crippen molar-refractivity contribution in [2.45, 2.75) is 17.7 Å². The van der Waals surface area contributed by atoms with Crippen molar-refractivity contribution in [3.8, 4) is 17.2 Å². The number of carbonyl (C=O) groups is 2. The monoisotopic (exact) mass is 419 g/mol. The molecule has 0 atom stereocenters. The second-order valence-corrected chi connectivity index (χ2v) is 6.79. The minimum atomic E-state index is -0.466. The first kappa shape index (κ1) is 22.4. The lowest BCUT2D eigenvalue weighted by atomic mass is 10.1. The number of esters is 1. The molecule has 0 saturated heterocycles. The molecular formula is C21H25NO6S. The van der Waals surface area contributed by atoms with Crippen molar-refractivity contribution in [3.05, 3.63) is 42.0 Å². The van der Waals surface area contributed by atoms with E-state index in [2.05, 4.69) is 5.32 Å². The van der Waals surface area contributed by atoms with Gasteiger partial charge in [-0.2, -0.15) is 0 Å². The summed E-state index contributed by atoms with van der Waals surface area (Å²) in [5.41, 5.74) is 1.52. The summed E-state index contributed by atoms with van der Waals surface area (Å²) < 4.78 is 21.0. The number of methoxy groups -OCH3 is 3. The summed E-state index contributed by atoms with van der Waals surface area (Å²) in [6, 6.07) is 11.0. The Morgan fingerprint density at radius 1 is 1.00 bits per heavy atom. The molecule has 0 fully saturated rings. The molecule has 7 nitrogen and oxygen atoms in total. The van der Waals surface area contributed by atoms with Crippen molar-refractivity contribution in [3.63, 3.8) is 0 Å². The van der Waals surface area contributed by atoms with Gasteiger partial charge in [0, 0.05) is 11.3 Å². The third-order valence-electron chi connectivity index (χ3n) is 4.09. The minimum absolute atomic E-state index is 0.118. The fourth-order valence-corrected chi connectivity index (χ4v) is 3.23. The van der Waals surface area contributed by atoms with Gasteiger partial charge in [-0.05, 0) is 42.5 Å². The molecule has 0 bridgehead atoms. The van der Waals surface area contributed by atoms with Gasteiger partial charge in [-0.15, -0.1) is 11.8 Å². The first-order valence-corrected chi connectivity index (χ1v) is 10.1. The highest BCUT2D eigenvalue weighted by Gasteiger charge is 2.15. The Hall–Kier alpha value is -2.87. The summed E-state index contributed by atoms with van der Waals surface area (Å²) in [5.74, 6) is 0.673. The molecule has 0 aliphatic rings. The molecule has 2 aromatic rings. The lowest BCUT2D eigenvalue weighted by Gasteiger charge is -2.14. The van der Waals surface area contributed by atoms with Crippen LogP contribution in [0, 0.1) is 0 Å². The summed E-state index contributed by atoms with van der Waals surface area (Å²) in [5, 5.41) is 2.75. The molecule has 0 spiro atoms. The van der Waals surface area contributed by atoms with Crippen LogP contribution in [0.25, 0.3) is 0 Å². The number of ether oxygens (including phenoxy) is 4. The number of amides is 1. The molecule has 8 heteroatoms. The van der Waals surface area contributed by atoms with Gasteiger partial charge in [0.1, 0.15) is 0 Å². The second kappa shape index (κ2) is 11.2. The molecule has 1 amide bonds. The van der Waals surface area contributed by atoms with E-state index >= 15 is 0 Å². The lowest BCUT2D eigenvalue weighted by Crippen LogP contribution is -2.21. The van der Waals surface area contributed by atoms with Crippen LogP contribution in [0.3, 0.4) is 0 Å². The zero-order chi connectivity index (χ0) is 21.2. The van der Waals surface area contributed by atoms with Crippen LogP contribution in [0.2, 0.25) is 0 Å². The van der Waals surface area contributed by atoms with Crippen LogP contribution >= 0.6 is 11.8 Å². The van der Waals surface area contributed by atoms with E-state index in [1.165, 1.54) is 33.1 Å². The van der Waals surface area contributed by atoms with Crippen LogP contribution in [-0.4, -0.2) is 46.1 Å². The Labute approximate surface area is 174 Å². The Balaban J connectivity index is 1.87. The number of hydrogen-bond donors (Lipinski definition) is 1. The van der Waals surface area contributed by atoms with Crippen LogP contribution in [0.4, 0.5) is 5.69 Å². The van der Waals surface area contributed by atoms with Crippen molar-refractivity contribution < 1.29 is 28.5 Å². The SMILES string of the molecule is COc1cc(CCC(=O)OCC(=O)Nc2ccccc2SC)cc(OC)c1OC. The van der Waals surface area contributed by atoms with Crippen LogP contribution < -0.4 is 19.5 Å². The Morgan fingerprint density at radius 2 is 1.66 bits per heavy atom. The number of thioether (sulfide) groups is 1. The van der Waals surface area contributed by atoms with Gasteiger partial charge < -0.3 is 24.3 Å². The fraction of sp³-hybridized carbons (Fsp3) is 0.333. The van der Waals surface area contributed by atoms with Crippen LogP contribution in [0.1, 0.15) is 12.0 Å². The fourth-order valence-electron chi connectivity index (χ4n) is 2.68. The number of nitrogens with one attached hydrogen (secondary N) is 1. The summed E-state index contributed by atoms with van der Waals surface area (Å²) >= 11 is 1.52. The van der Waals surface area contributed by atoms with Crippen LogP contribution in [0.15, 0.2) is 41.3 Å². The number of benzene rings is 2. The average Bonchev–Trinajstić information content (AvgIpc) is 2.75. The van der Waals surface area contributed by atoms with E-state index in [1.54, 1.807) is 18.2 Å². The van der Waals surface area contributed by atoms with E-state index in [1.807, 2.05) is 24.5 Å². The number of rotatable bonds is 10. The number of carbonyl (C=O) groups excluding carboxylic acids is 2. The Morgan fingerprint density at radius 3 is 2.24 bits per heavy atom. The predicted octanol–water partition coefficient (Wildman–Crippen LogP) is 3.55. The normalized spacial score (nSPS) is 10.2. The van der Waals surface area contributed by atoms with Crippen molar-refractivity contribution in [2.24, 2.45) is 0 Å². The first-order valence-electron chi connectivity index (χ1n) is 8.89. The largest absolute Gasteiger partial charge is 0.493 e. The van der Waals surface area contributed by atoms with Crippen molar-refractivity contribution in [1.29, 1.82) is 0 Å². The molecule has 156 valence electrons. The van der Waals surface area contributed by atoms with E-state index in [0.29, 0.717) is 29.4 Å². The molecule has 0 aliphatic carbocycles. The Kier molecular flexibility index (Phi) is 8.67. The summed E-state index contributed by atoms with van der Waals surface area (Å²) in [4.78, 5) is 25.0. The molecule has 0 unspecified atom stereocenters. The third kappa shape index (κ3) is 6.32. The van der Waals surface area contributed by atoms with E-state index < -0.39 is 5.97 Å². The van der Waals surface area contributed by atoms with Crippen molar-refractivity contribution in [1.82, 2.24) is 0 Å². The number of aryl methyl sites for hydroxylation is 1. The van der Waals surface area contributed by atoms with Crippen molar-refractivity contribution in [2.75, 3.05) is 39.5 Å². The zero-order valence-corrected chi connectivity index (χ0v) is 17.8. The van der Waals surface area contributed by atoms with Gasteiger partial charge in [0.05, 0.1) is 27.0 Å². The predicted molar refractivity (Wildman–Crippen MR) is 112 cm³/mol. The molecule has 1 N–H and O–H groups in total. The first-order chi connectivity index (χ1) is 14.0. The molecule has 29 heavy (non-hydrogen) atoms. The van der Waals surface area contributed by atoms with Crippen molar-refractivity contribution >= 4 is 29.3 Å². The molecular weight excluding hydrogens is 394 g/mol. The summed E-state index contributed by atoms with van der Waals surface area (Å²) in [7, 11) is 4.59. The van der Waals surface area contributed by atoms with Gasteiger partial charge in [0.25, 0.3) is 5.91 Å². The molecule has 0 heterocycles. The quantitative estimate of drug-likeness (QED) is 0.466. The third-order valence-corrected chi connectivity index (χ3v) is 4.88. The van der Waals surface area contributed by atoms with E-state index in [4.69, 9.17) is 18.9 Å². The van der Waals surface area contributed by atoms with Gasteiger partial charge in [-0.25, -0.2) is 0 Å². The number of anilines is 1. The maximum atomic E-state index is 12.1. The smallest absolute Gasteiger partial charge is 0.306 e. The topological polar surface area (TPSA) is 83.1 Å². The van der Waals surface area contributed by atoms with Gasteiger partial charge in [0.15, 0.2) is 18.1 Å². The van der Waals surface area contributed by atoms with Crippen LogP contribution in [0.5, 0.6) is 17.2 Å². The van der Waals surface area contributed by atoms with E-state index in [9.17, 15) is 9.59 Å². The lowest BCUT2D eigenvalue weighted by molar-refractivity contribution is -0.147. The van der Waals surface area contributed by atoms with Crippen LogP contribution in [-0.2, 0) is 20.7 Å². The molecule has 0 saturated carbocycles. The second-order valence-electron chi connectivity index (χ2n) is 5.94. The van der Waals surface area contributed by atoms with E-state index in [0.717, 1.165) is 10.5 Å². The van der Waals surface area contributed by atoms with Gasteiger partial charge in [0.2, 0.25) is 5.75 Å². The molecule has 0 aliphatic heterocycles. The highest BCUT2D eigenvalue weighted by Crippen LogP contribution is 2.38. The minimum Gasteiger partial charge on any atom is -0.493 e. The summed E-state index contributed by atoms with van der Waals surface area (Å²) in [6.07, 6.45) is 2.45. The summed E-state index contributed by atoms with van der Waals surface area (Å²) in [6.45, 7) is -0.337. The maximum absolute atomic E-state index is 12.1. The molecule has 2 rings (SSSR count).